The average Bonchev–Trinajstić information content (AvgIpc) is 2.72. The summed E-state index contributed by atoms with van der Waals surface area (Å²) in [7, 11) is 0. The molecular weight excluding hydrogens is 433 g/mol. The van der Waals surface area contributed by atoms with E-state index >= 15 is 0 Å². The first-order chi connectivity index (χ1) is 15.4. The Morgan fingerprint density at radius 2 is 1.55 bits per heavy atom. The van der Waals surface area contributed by atoms with E-state index in [0.29, 0.717) is 0 Å². The number of carbonyl (C=O) groups excluding carboxylic acids is 5. The third-order valence-corrected chi connectivity index (χ3v) is 4.45. The number of hydrogen-bond acceptors (Lipinski definition) is 6. The van der Waals surface area contributed by atoms with Crippen LogP contribution < -0.4 is 16.0 Å². The van der Waals surface area contributed by atoms with Crippen LogP contribution in [0.3, 0.4) is 0 Å². The standard InChI is InChI=1S/C23H32FN3O6/c1-13(2)10-18(27-23(32)22(31)26-17-9-7-6-8-16(17)24)21(30)25-15(5)19(28)12-33-20(29)11-14(3)4/h6-9,13-15,18H,10-12H2,1-5H3,(H,25,30)(H,26,31)(H,27,32)/t15-,18-/m0/s1. The van der Waals surface area contributed by atoms with E-state index in [1.54, 1.807) is 0 Å². The number of benzene rings is 1. The van der Waals surface area contributed by atoms with Crippen molar-refractivity contribution in [3.63, 3.8) is 0 Å². The van der Waals surface area contributed by atoms with E-state index in [4.69, 9.17) is 4.74 Å². The Morgan fingerprint density at radius 1 is 0.909 bits per heavy atom. The second-order valence-electron chi connectivity index (χ2n) is 8.54. The third-order valence-electron chi connectivity index (χ3n) is 4.45. The van der Waals surface area contributed by atoms with E-state index in [2.05, 4.69) is 16.0 Å². The van der Waals surface area contributed by atoms with E-state index in [9.17, 15) is 28.4 Å². The molecule has 33 heavy (non-hydrogen) atoms. The number of Topliss-reactive ketones (excluding diaryl/α,β-unsaturated/α-hetero) is 1. The summed E-state index contributed by atoms with van der Waals surface area (Å²) in [5.41, 5.74) is -0.172. The number of carbonyl (C=O) groups is 5. The van der Waals surface area contributed by atoms with E-state index < -0.39 is 54.0 Å². The highest BCUT2D eigenvalue weighted by atomic mass is 19.1. The predicted octanol–water partition coefficient (Wildman–Crippen LogP) is 1.96. The molecule has 0 aliphatic heterocycles. The van der Waals surface area contributed by atoms with Gasteiger partial charge in [-0.3, -0.25) is 24.0 Å². The van der Waals surface area contributed by atoms with Gasteiger partial charge in [-0.1, -0.05) is 39.8 Å². The molecule has 0 aliphatic rings. The fraction of sp³-hybridized carbons (Fsp3) is 0.522. The molecule has 0 radical (unpaired) electrons. The second kappa shape index (κ2) is 13.3. The number of ketones is 1. The number of rotatable bonds is 11. The normalized spacial score (nSPS) is 12.6. The number of para-hydroxylation sites is 1. The van der Waals surface area contributed by atoms with Gasteiger partial charge in [-0.15, -0.1) is 0 Å². The highest BCUT2D eigenvalue weighted by molar-refractivity contribution is 6.40. The van der Waals surface area contributed by atoms with Crippen molar-refractivity contribution in [2.24, 2.45) is 11.8 Å². The molecule has 1 aromatic rings. The van der Waals surface area contributed by atoms with Crippen LogP contribution in [0.15, 0.2) is 24.3 Å². The third kappa shape index (κ3) is 10.2. The van der Waals surface area contributed by atoms with Gasteiger partial charge in [0.2, 0.25) is 5.91 Å². The maximum absolute atomic E-state index is 13.7. The number of esters is 1. The number of anilines is 1. The minimum absolute atomic E-state index is 0.0290. The molecule has 3 amide bonds. The first-order valence-corrected chi connectivity index (χ1v) is 10.8. The lowest BCUT2D eigenvalue weighted by atomic mass is 10.0. The maximum atomic E-state index is 13.7. The highest BCUT2D eigenvalue weighted by Gasteiger charge is 2.28. The molecule has 1 aromatic carbocycles. The number of nitrogens with one attached hydrogen (secondary N) is 3. The van der Waals surface area contributed by atoms with Gasteiger partial charge in [-0.25, -0.2) is 4.39 Å². The van der Waals surface area contributed by atoms with Gasteiger partial charge in [-0.05, 0) is 37.3 Å². The molecule has 3 N–H and O–H groups in total. The molecule has 0 aliphatic carbocycles. The summed E-state index contributed by atoms with van der Waals surface area (Å²) >= 11 is 0. The Hall–Kier alpha value is -3.30. The molecule has 10 heteroatoms. The highest BCUT2D eigenvalue weighted by Crippen LogP contribution is 2.12. The first-order valence-electron chi connectivity index (χ1n) is 10.8. The minimum Gasteiger partial charge on any atom is -0.458 e. The molecule has 1 rings (SSSR count). The summed E-state index contributed by atoms with van der Waals surface area (Å²) < 4.78 is 18.6. The zero-order valence-corrected chi connectivity index (χ0v) is 19.6. The molecule has 0 unspecified atom stereocenters. The minimum atomic E-state index is -1.14. The summed E-state index contributed by atoms with van der Waals surface area (Å²) in [5.74, 6) is -4.63. The van der Waals surface area contributed by atoms with Crippen LogP contribution in [-0.2, 0) is 28.7 Å². The summed E-state index contributed by atoms with van der Waals surface area (Å²) in [6.07, 6.45) is 0.361. The number of amides is 3. The van der Waals surface area contributed by atoms with Gasteiger partial charge in [0.25, 0.3) is 0 Å². The number of halogens is 1. The summed E-state index contributed by atoms with van der Waals surface area (Å²) in [6, 6.07) is 3.25. The van der Waals surface area contributed by atoms with E-state index in [0.717, 1.165) is 6.07 Å². The summed E-state index contributed by atoms with van der Waals surface area (Å²) in [6.45, 7) is 8.25. The van der Waals surface area contributed by atoms with Crippen LogP contribution in [0, 0.1) is 17.7 Å². The summed E-state index contributed by atoms with van der Waals surface area (Å²) in [4.78, 5) is 60.9. The zero-order valence-electron chi connectivity index (χ0n) is 19.6. The monoisotopic (exact) mass is 465 g/mol. The average molecular weight is 466 g/mol. The van der Waals surface area contributed by atoms with Crippen LogP contribution >= 0.6 is 0 Å². The molecule has 0 saturated carbocycles. The fourth-order valence-corrected chi connectivity index (χ4v) is 2.73. The van der Waals surface area contributed by atoms with Crippen molar-refractivity contribution in [1.29, 1.82) is 0 Å². The fourth-order valence-electron chi connectivity index (χ4n) is 2.73. The molecular formula is C23H32FN3O6. The summed E-state index contributed by atoms with van der Waals surface area (Å²) in [5, 5.41) is 6.94. The van der Waals surface area contributed by atoms with Crippen molar-refractivity contribution < 1.29 is 33.1 Å². The molecule has 0 spiro atoms. The lowest BCUT2D eigenvalue weighted by molar-refractivity contribution is -0.149. The van der Waals surface area contributed by atoms with E-state index in [1.165, 1.54) is 25.1 Å². The number of hydrogen-bond donors (Lipinski definition) is 3. The lowest BCUT2D eigenvalue weighted by Crippen LogP contribution is -2.53. The van der Waals surface area contributed by atoms with Crippen molar-refractivity contribution in [3.8, 4) is 0 Å². The molecule has 2 atom stereocenters. The Kier molecular flexibility index (Phi) is 11.2. The second-order valence-corrected chi connectivity index (χ2v) is 8.54. The van der Waals surface area contributed by atoms with Gasteiger partial charge in [0.1, 0.15) is 11.9 Å². The van der Waals surface area contributed by atoms with Gasteiger partial charge in [0, 0.05) is 6.42 Å². The topological polar surface area (TPSA) is 131 Å². The SMILES string of the molecule is CC(C)CC(=O)OCC(=O)[C@H](C)NC(=O)[C@H](CC(C)C)NC(=O)C(=O)Nc1ccccc1F. The van der Waals surface area contributed by atoms with Gasteiger partial charge < -0.3 is 20.7 Å². The van der Waals surface area contributed by atoms with Crippen LogP contribution in [0.4, 0.5) is 10.1 Å². The lowest BCUT2D eigenvalue weighted by Gasteiger charge is -2.22. The molecule has 9 nitrogen and oxygen atoms in total. The quantitative estimate of drug-likeness (QED) is 0.338. The maximum Gasteiger partial charge on any atom is 0.313 e. The molecule has 182 valence electrons. The molecule has 0 bridgehead atoms. The van der Waals surface area contributed by atoms with Gasteiger partial charge in [0.05, 0.1) is 11.7 Å². The van der Waals surface area contributed by atoms with Crippen LogP contribution in [0.2, 0.25) is 0 Å². The van der Waals surface area contributed by atoms with Crippen molar-refractivity contribution in [3.05, 3.63) is 30.1 Å². The van der Waals surface area contributed by atoms with Crippen molar-refractivity contribution in [1.82, 2.24) is 10.6 Å². The molecule has 0 aromatic heterocycles. The number of ether oxygens (including phenoxy) is 1. The van der Waals surface area contributed by atoms with Crippen LogP contribution in [0.5, 0.6) is 0 Å². The van der Waals surface area contributed by atoms with Crippen LogP contribution in [0.1, 0.15) is 47.5 Å². The molecule has 0 heterocycles. The van der Waals surface area contributed by atoms with E-state index in [1.807, 2.05) is 27.7 Å². The molecule has 0 saturated heterocycles. The Morgan fingerprint density at radius 3 is 2.12 bits per heavy atom. The Balaban J connectivity index is 2.70. The van der Waals surface area contributed by atoms with Gasteiger partial charge >= 0.3 is 17.8 Å². The largest absolute Gasteiger partial charge is 0.458 e. The van der Waals surface area contributed by atoms with Crippen molar-refractivity contribution in [2.45, 2.75) is 59.5 Å². The smallest absolute Gasteiger partial charge is 0.313 e. The van der Waals surface area contributed by atoms with E-state index in [-0.39, 0.29) is 30.4 Å². The molecule has 0 fully saturated rings. The first kappa shape index (κ1) is 27.7. The van der Waals surface area contributed by atoms with Crippen LogP contribution in [0.25, 0.3) is 0 Å². The van der Waals surface area contributed by atoms with Crippen molar-refractivity contribution in [2.75, 3.05) is 11.9 Å². The Labute approximate surface area is 192 Å². The predicted molar refractivity (Wildman–Crippen MR) is 119 cm³/mol. The van der Waals surface area contributed by atoms with Crippen LogP contribution in [-0.4, -0.2) is 48.2 Å². The zero-order chi connectivity index (χ0) is 25.1. The Bertz CT molecular complexity index is 872. The van der Waals surface area contributed by atoms with Gasteiger partial charge in [-0.2, -0.15) is 0 Å². The van der Waals surface area contributed by atoms with Crippen molar-refractivity contribution >= 4 is 35.2 Å². The van der Waals surface area contributed by atoms with Gasteiger partial charge in [0.15, 0.2) is 12.4 Å².